The Bertz CT molecular complexity index is 423. The van der Waals surface area contributed by atoms with Gasteiger partial charge >= 0.3 is 0 Å². The summed E-state index contributed by atoms with van der Waals surface area (Å²) in [5, 5.41) is 13.0. The number of aliphatic hydroxyl groups excluding tert-OH is 1. The van der Waals surface area contributed by atoms with E-state index >= 15 is 0 Å². The van der Waals surface area contributed by atoms with Gasteiger partial charge in [-0.15, -0.1) is 11.8 Å². The quantitative estimate of drug-likeness (QED) is 0.816. The highest BCUT2D eigenvalue weighted by Crippen LogP contribution is 2.28. The van der Waals surface area contributed by atoms with Crippen molar-refractivity contribution in [3.63, 3.8) is 0 Å². The van der Waals surface area contributed by atoms with Crippen LogP contribution in [0.15, 0.2) is 23.1 Å². The van der Waals surface area contributed by atoms with Crippen LogP contribution in [0.1, 0.15) is 20.3 Å². The fourth-order valence-electron chi connectivity index (χ4n) is 1.38. The van der Waals surface area contributed by atoms with Crippen molar-refractivity contribution >= 4 is 35.0 Å². The Morgan fingerprint density at radius 2 is 2.17 bits per heavy atom. The SMILES string of the molecule is CSc1ccc(NC(=O)CC(O)C(C)C)cc1Cl. The minimum Gasteiger partial charge on any atom is -0.392 e. The molecule has 1 atom stereocenters. The summed E-state index contributed by atoms with van der Waals surface area (Å²) in [4.78, 5) is 12.6. The maximum absolute atomic E-state index is 11.7. The number of rotatable bonds is 5. The molecule has 2 N–H and O–H groups in total. The summed E-state index contributed by atoms with van der Waals surface area (Å²) >= 11 is 7.60. The lowest BCUT2D eigenvalue weighted by atomic mass is 10.0. The van der Waals surface area contributed by atoms with Gasteiger partial charge in [0.2, 0.25) is 5.91 Å². The largest absolute Gasteiger partial charge is 0.392 e. The minimum atomic E-state index is -0.619. The number of thioether (sulfide) groups is 1. The summed E-state index contributed by atoms with van der Waals surface area (Å²) in [6, 6.07) is 5.38. The molecule has 1 rings (SSSR count). The molecule has 1 aromatic rings. The molecular formula is C13H18ClNO2S. The van der Waals surface area contributed by atoms with E-state index in [9.17, 15) is 9.90 Å². The first kappa shape index (κ1) is 15.3. The molecule has 0 bridgehead atoms. The second-order valence-electron chi connectivity index (χ2n) is 4.41. The predicted octanol–water partition coefficient (Wildman–Crippen LogP) is 3.41. The molecule has 0 aromatic heterocycles. The molecule has 3 nitrogen and oxygen atoms in total. The highest BCUT2D eigenvalue weighted by Gasteiger charge is 2.14. The average Bonchev–Trinajstić information content (AvgIpc) is 2.28. The third-order valence-electron chi connectivity index (χ3n) is 2.60. The maximum atomic E-state index is 11.7. The highest BCUT2D eigenvalue weighted by molar-refractivity contribution is 7.98. The van der Waals surface area contributed by atoms with Gasteiger partial charge in [0.05, 0.1) is 17.5 Å². The number of benzene rings is 1. The maximum Gasteiger partial charge on any atom is 0.226 e. The molecule has 1 unspecified atom stereocenters. The number of aliphatic hydroxyl groups is 1. The van der Waals surface area contributed by atoms with E-state index in [-0.39, 0.29) is 18.2 Å². The fraction of sp³-hybridized carbons (Fsp3) is 0.462. The first-order valence-electron chi connectivity index (χ1n) is 5.75. The number of hydrogen-bond donors (Lipinski definition) is 2. The van der Waals surface area contributed by atoms with Gasteiger partial charge in [0.1, 0.15) is 0 Å². The van der Waals surface area contributed by atoms with Crippen LogP contribution in [0.25, 0.3) is 0 Å². The number of carbonyl (C=O) groups excluding carboxylic acids is 1. The Kier molecular flexibility index (Phi) is 5.99. The Hall–Kier alpha value is -0.710. The molecule has 5 heteroatoms. The predicted molar refractivity (Wildman–Crippen MR) is 77.3 cm³/mol. The lowest BCUT2D eigenvalue weighted by molar-refractivity contribution is -0.118. The van der Waals surface area contributed by atoms with Crippen LogP contribution in [0.3, 0.4) is 0 Å². The molecule has 0 aliphatic rings. The zero-order chi connectivity index (χ0) is 13.7. The van der Waals surface area contributed by atoms with Crippen molar-refractivity contribution in [2.24, 2.45) is 5.92 Å². The standard InChI is InChI=1S/C13H18ClNO2S/c1-8(2)11(16)7-13(17)15-9-4-5-12(18-3)10(14)6-9/h4-6,8,11,16H,7H2,1-3H3,(H,15,17). The number of carbonyl (C=O) groups is 1. The monoisotopic (exact) mass is 287 g/mol. The number of nitrogens with one attached hydrogen (secondary N) is 1. The van der Waals surface area contributed by atoms with Gasteiger partial charge in [-0.1, -0.05) is 25.4 Å². The molecule has 1 aromatic carbocycles. The highest BCUT2D eigenvalue weighted by atomic mass is 35.5. The van der Waals surface area contributed by atoms with Crippen molar-refractivity contribution in [1.29, 1.82) is 0 Å². The van der Waals surface area contributed by atoms with Gasteiger partial charge in [0.15, 0.2) is 0 Å². The molecule has 1 amide bonds. The number of halogens is 1. The van der Waals surface area contributed by atoms with Gasteiger partial charge in [-0.25, -0.2) is 0 Å². The van der Waals surface area contributed by atoms with E-state index < -0.39 is 6.10 Å². The van der Waals surface area contributed by atoms with Crippen LogP contribution < -0.4 is 5.32 Å². The van der Waals surface area contributed by atoms with E-state index in [0.717, 1.165) is 4.90 Å². The summed E-state index contributed by atoms with van der Waals surface area (Å²) in [6.45, 7) is 3.75. The smallest absolute Gasteiger partial charge is 0.226 e. The van der Waals surface area contributed by atoms with Gasteiger partial charge in [-0.3, -0.25) is 4.79 Å². The van der Waals surface area contributed by atoms with Gasteiger partial charge in [0.25, 0.3) is 0 Å². The molecule has 0 fully saturated rings. The number of anilines is 1. The van der Waals surface area contributed by atoms with Gasteiger partial charge < -0.3 is 10.4 Å². The van der Waals surface area contributed by atoms with Crippen LogP contribution in [0.2, 0.25) is 5.02 Å². The van der Waals surface area contributed by atoms with Crippen molar-refractivity contribution in [2.75, 3.05) is 11.6 Å². The second kappa shape index (κ2) is 7.02. The van der Waals surface area contributed by atoms with Crippen molar-refractivity contribution in [2.45, 2.75) is 31.3 Å². The van der Waals surface area contributed by atoms with Crippen molar-refractivity contribution in [3.05, 3.63) is 23.2 Å². The molecule has 18 heavy (non-hydrogen) atoms. The zero-order valence-electron chi connectivity index (χ0n) is 10.7. The van der Waals surface area contributed by atoms with E-state index in [0.29, 0.717) is 10.7 Å². The van der Waals surface area contributed by atoms with E-state index in [2.05, 4.69) is 5.32 Å². The zero-order valence-corrected chi connectivity index (χ0v) is 12.3. The Labute approximate surface area is 117 Å². The molecular weight excluding hydrogens is 270 g/mol. The van der Waals surface area contributed by atoms with Crippen LogP contribution in [0.5, 0.6) is 0 Å². The summed E-state index contributed by atoms with van der Waals surface area (Å²) in [7, 11) is 0. The Morgan fingerprint density at radius 3 is 2.67 bits per heavy atom. The Morgan fingerprint density at radius 1 is 1.50 bits per heavy atom. The van der Waals surface area contributed by atoms with E-state index in [1.807, 2.05) is 26.2 Å². The molecule has 0 saturated carbocycles. The van der Waals surface area contributed by atoms with E-state index in [1.54, 1.807) is 23.9 Å². The van der Waals surface area contributed by atoms with Gasteiger partial charge in [0, 0.05) is 10.6 Å². The van der Waals surface area contributed by atoms with Crippen LogP contribution in [0.4, 0.5) is 5.69 Å². The van der Waals surface area contributed by atoms with Crippen LogP contribution >= 0.6 is 23.4 Å². The number of hydrogen-bond acceptors (Lipinski definition) is 3. The first-order valence-corrected chi connectivity index (χ1v) is 7.35. The van der Waals surface area contributed by atoms with Crippen LogP contribution in [-0.4, -0.2) is 23.4 Å². The average molecular weight is 288 g/mol. The van der Waals surface area contributed by atoms with Crippen molar-refractivity contribution in [1.82, 2.24) is 0 Å². The van der Waals surface area contributed by atoms with Crippen LogP contribution in [-0.2, 0) is 4.79 Å². The first-order chi connectivity index (χ1) is 8.43. The van der Waals surface area contributed by atoms with Gasteiger partial charge in [-0.05, 0) is 30.4 Å². The third-order valence-corrected chi connectivity index (χ3v) is 3.82. The summed E-state index contributed by atoms with van der Waals surface area (Å²) in [6.07, 6.45) is 1.42. The fourth-order valence-corrected chi connectivity index (χ4v) is 2.25. The summed E-state index contributed by atoms with van der Waals surface area (Å²) in [5.74, 6) is -0.137. The van der Waals surface area contributed by atoms with Crippen LogP contribution in [0, 0.1) is 5.92 Å². The molecule has 0 heterocycles. The van der Waals surface area contributed by atoms with E-state index in [1.165, 1.54) is 0 Å². The topological polar surface area (TPSA) is 49.3 Å². The lowest BCUT2D eigenvalue weighted by Gasteiger charge is -2.14. The van der Waals surface area contributed by atoms with E-state index in [4.69, 9.17) is 11.6 Å². The normalized spacial score (nSPS) is 12.6. The molecule has 100 valence electrons. The molecule has 0 aliphatic heterocycles. The second-order valence-corrected chi connectivity index (χ2v) is 5.67. The third kappa shape index (κ3) is 4.52. The Balaban J connectivity index is 2.62. The molecule has 0 spiro atoms. The lowest BCUT2D eigenvalue weighted by Crippen LogP contribution is -2.23. The summed E-state index contributed by atoms with van der Waals surface area (Å²) < 4.78 is 0. The van der Waals surface area contributed by atoms with Crippen molar-refractivity contribution < 1.29 is 9.90 Å². The molecule has 0 radical (unpaired) electrons. The number of amides is 1. The molecule has 0 saturated heterocycles. The minimum absolute atomic E-state index is 0.0678. The summed E-state index contributed by atoms with van der Waals surface area (Å²) in [5.41, 5.74) is 0.652. The molecule has 0 aliphatic carbocycles. The van der Waals surface area contributed by atoms with Crippen molar-refractivity contribution in [3.8, 4) is 0 Å². The van der Waals surface area contributed by atoms with Gasteiger partial charge in [-0.2, -0.15) is 0 Å².